The van der Waals surface area contributed by atoms with Crippen molar-refractivity contribution >= 4 is 17.5 Å². The number of carbonyl (C=O) groups excluding carboxylic acids is 2. The van der Waals surface area contributed by atoms with E-state index in [0.29, 0.717) is 47.8 Å². The quantitative estimate of drug-likeness (QED) is 0.415. The predicted octanol–water partition coefficient (Wildman–Crippen LogP) is 5.55. The molecule has 2 amide bonds. The number of hydrogen-bond donors (Lipinski definition) is 1. The Balaban J connectivity index is 1.31. The lowest BCUT2D eigenvalue weighted by molar-refractivity contribution is 0.0729. The highest BCUT2D eigenvalue weighted by molar-refractivity contribution is 6.04. The van der Waals surface area contributed by atoms with Gasteiger partial charge in [0.25, 0.3) is 11.8 Å². The van der Waals surface area contributed by atoms with Gasteiger partial charge in [0, 0.05) is 47.5 Å². The first-order valence-electron chi connectivity index (χ1n) is 11.2. The number of halogens is 1. The van der Waals surface area contributed by atoms with Gasteiger partial charge in [-0.15, -0.1) is 0 Å². The number of hydrogen-bond acceptors (Lipinski definition) is 4. The Morgan fingerprint density at radius 1 is 0.971 bits per heavy atom. The van der Waals surface area contributed by atoms with E-state index in [2.05, 4.69) is 5.32 Å². The van der Waals surface area contributed by atoms with E-state index in [1.54, 1.807) is 36.3 Å². The van der Waals surface area contributed by atoms with Gasteiger partial charge in [0.2, 0.25) is 0 Å². The Morgan fingerprint density at radius 3 is 2.57 bits per heavy atom. The van der Waals surface area contributed by atoms with Crippen LogP contribution >= 0.6 is 0 Å². The smallest absolute Gasteiger partial charge is 0.255 e. The molecule has 0 aliphatic carbocycles. The van der Waals surface area contributed by atoms with Crippen molar-refractivity contribution in [1.29, 1.82) is 0 Å². The first-order chi connectivity index (χ1) is 17.0. The van der Waals surface area contributed by atoms with E-state index >= 15 is 0 Å². The Labute approximate surface area is 201 Å². The summed E-state index contributed by atoms with van der Waals surface area (Å²) >= 11 is 0. The van der Waals surface area contributed by atoms with E-state index in [4.69, 9.17) is 9.15 Å². The van der Waals surface area contributed by atoms with Crippen molar-refractivity contribution in [2.45, 2.75) is 13.0 Å². The molecule has 1 aliphatic heterocycles. The molecule has 0 unspecified atom stereocenters. The minimum Gasteiger partial charge on any atom is -0.497 e. The maximum absolute atomic E-state index is 13.1. The fraction of sp³-hybridized carbons (Fsp3) is 0.143. The van der Waals surface area contributed by atoms with E-state index in [-0.39, 0.29) is 11.8 Å². The summed E-state index contributed by atoms with van der Waals surface area (Å²) in [7, 11) is 1.58. The molecule has 176 valence electrons. The van der Waals surface area contributed by atoms with Gasteiger partial charge in [0.05, 0.1) is 7.11 Å². The van der Waals surface area contributed by atoms with Crippen molar-refractivity contribution in [1.82, 2.24) is 4.90 Å². The maximum Gasteiger partial charge on any atom is 0.255 e. The molecule has 35 heavy (non-hydrogen) atoms. The summed E-state index contributed by atoms with van der Waals surface area (Å²) in [6.07, 6.45) is 0.617. The van der Waals surface area contributed by atoms with E-state index in [0.717, 1.165) is 16.9 Å². The second-order valence-electron chi connectivity index (χ2n) is 8.31. The van der Waals surface area contributed by atoms with Crippen molar-refractivity contribution < 1.29 is 23.1 Å². The van der Waals surface area contributed by atoms with Crippen molar-refractivity contribution in [3.8, 4) is 17.1 Å². The van der Waals surface area contributed by atoms with Crippen LogP contribution in [0.2, 0.25) is 0 Å². The van der Waals surface area contributed by atoms with Gasteiger partial charge < -0.3 is 19.4 Å². The molecule has 1 aromatic heterocycles. The van der Waals surface area contributed by atoms with Crippen LogP contribution in [0.5, 0.6) is 5.75 Å². The first-order valence-corrected chi connectivity index (χ1v) is 11.2. The van der Waals surface area contributed by atoms with Crippen molar-refractivity contribution in [2.24, 2.45) is 0 Å². The fourth-order valence-corrected chi connectivity index (χ4v) is 4.14. The zero-order chi connectivity index (χ0) is 24.4. The van der Waals surface area contributed by atoms with E-state index in [1.807, 2.05) is 30.3 Å². The van der Waals surface area contributed by atoms with Gasteiger partial charge in [-0.25, -0.2) is 4.39 Å². The number of fused-ring (bicyclic) bond motifs is 1. The van der Waals surface area contributed by atoms with Crippen LogP contribution in [0, 0.1) is 5.82 Å². The molecule has 4 aromatic rings. The number of furan rings is 1. The number of anilines is 1. The summed E-state index contributed by atoms with van der Waals surface area (Å²) in [5, 5.41) is 2.83. The normalized spacial score (nSPS) is 12.7. The van der Waals surface area contributed by atoms with Crippen LogP contribution in [0.25, 0.3) is 11.3 Å². The number of rotatable bonds is 5. The topological polar surface area (TPSA) is 71.8 Å². The summed E-state index contributed by atoms with van der Waals surface area (Å²) in [6.45, 7) is 1.01. The molecular weight excluding hydrogens is 447 g/mol. The Hall–Kier alpha value is -4.39. The van der Waals surface area contributed by atoms with E-state index < -0.39 is 5.82 Å². The number of methoxy groups -OCH3 is 1. The predicted molar refractivity (Wildman–Crippen MR) is 130 cm³/mol. The third-order valence-electron chi connectivity index (χ3n) is 5.98. The lowest BCUT2D eigenvalue weighted by atomic mass is 10.1. The van der Waals surface area contributed by atoms with Gasteiger partial charge in [0.15, 0.2) is 0 Å². The zero-order valence-electron chi connectivity index (χ0n) is 19.1. The zero-order valence-corrected chi connectivity index (χ0v) is 19.1. The van der Waals surface area contributed by atoms with Gasteiger partial charge in [-0.3, -0.25) is 9.59 Å². The summed E-state index contributed by atoms with van der Waals surface area (Å²) in [5.41, 5.74) is 3.32. The first kappa shape index (κ1) is 22.4. The molecule has 1 aliphatic rings. The van der Waals surface area contributed by atoms with Crippen LogP contribution in [0.1, 0.15) is 32.0 Å². The average Bonchev–Trinajstić information content (AvgIpc) is 3.32. The SMILES string of the molecule is COc1cccc(C(=O)N2CCc3oc(-c4cccc(NC(=O)c5ccc(F)cc5)c4)cc3C2)c1. The van der Waals surface area contributed by atoms with Crippen LogP contribution < -0.4 is 10.1 Å². The molecular formula is C28H23FN2O4. The standard InChI is InChI=1S/C28H23FN2O4/c1-34-24-7-3-5-20(15-24)28(33)31-13-12-25-21(17-31)16-26(35-25)19-4-2-6-23(14-19)30-27(32)18-8-10-22(29)11-9-18/h2-11,14-16H,12-13,17H2,1H3,(H,30,32). The lowest BCUT2D eigenvalue weighted by Gasteiger charge is -2.26. The molecule has 7 heteroatoms. The van der Waals surface area contributed by atoms with Gasteiger partial charge in [-0.2, -0.15) is 0 Å². The summed E-state index contributed by atoms with van der Waals surface area (Å²) in [6, 6.07) is 21.8. The molecule has 0 saturated heterocycles. The third kappa shape index (κ3) is 4.80. The minimum absolute atomic E-state index is 0.0530. The Kier molecular flexibility index (Phi) is 6.06. The molecule has 6 nitrogen and oxygen atoms in total. The molecule has 1 N–H and O–H groups in total. The summed E-state index contributed by atoms with van der Waals surface area (Å²) in [5.74, 6) is 1.40. The number of nitrogens with one attached hydrogen (secondary N) is 1. The Bertz CT molecular complexity index is 1390. The maximum atomic E-state index is 13.1. The van der Waals surface area contributed by atoms with Gasteiger partial charge in [-0.1, -0.05) is 18.2 Å². The van der Waals surface area contributed by atoms with Crippen LogP contribution in [0.3, 0.4) is 0 Å². The molecule has 0 bridgehead atoms. The second kappa shape index (κ2) is 9.46. The number of carbonyl (C=O) groups is 2. The molecule has 0 spiro atoms. The molecule has 0 saturated carbocycles. The summed E-state index contributed by atoms with van der Waals surface area (Å²) in [4.78, 5) is 27.3. The van der Waals surface area contributed by atoms with Gasteiger partial charge in [0.1, 0.15) is 23.1 Å². The highest BCUT2D eigenvalue weighted by Gasteiger charge is 2.25. The van der Waals surface area contributed by atoms with Crippen LogP contribution in [-0.2, 0) is 13.0 Å². The van der Waals surface area contributed by atoms with Crippen molar-refractivity contribution in [2.75, 3.05) is 19.0 Å². The minimum atomic E-state index is -0.394. The van der Waals surface area contributed by atoms with Gasteiger partial charge >= 0.3 is 0 Å². The number of amides is 2. The molecule has 0 fully saturated rings. The van der Waals surface area contributed by atoms with E-state index in [1.165, 1.54) is 24.3 Å². The molecule has 2 heterocycles. The molecule has 0 radical (unpaired) electrons. The largest absolute Gasteiger partial charge is 0.497 e. The highest BCUT2D eigenvalue weighted by atomic mass is 19.1. The third-order valence-corrected chi connectivity index (χ3v) is 5.98. The van der Waals surface area contributed by atoms with E-state index in [9.17, 15) is 14.0 Å². The fourth-order valence-electron chi connectivity index (χ4n) is 4.14. The molecule has 5 rings (SSSR count). The van der Waals surface area contributed by atoms with Crippen LogP contribution in [-0.4, -0.2) is 30.4 Å². The number of nitrogens with zero attached hydrogens (tertiary/aromatic N) is 1. The van der Waals surface area contributed by atoms with Crippen LogP contribution in [0.15, 0.2) is 83.3 Å². The second-order valence-corrected chi connectivity index (χ2v) is 8.31. The van der Waals surface area contributed by atoms with Gasteiger partial charge in [-0.05, 0) is 60.7 Å². The van der Waals surface area contributed by atoms with Crippen molar-refractivity contribution in [3.05, 3.63) is 107 Å². The monoisotopic (exact) mass is 470 g/mol. The lowest BCUT2D eigenvalue weighted by Crippen LogP contribution is -2.35. The molecule has 3 aromatic carbocycles. The molecule has 0 atom stereocenters. The average molecular weight is 471 g/mol. The Morgan fingerprint density at radius 2 is 1.77 bits per heavy atom. The van der Waals surface area contributed by atoms with Crippen LogP contribution in [0.4, 0.5) is 10.1 Å². The number of benzene rings is 3. The highest BCUT2D eigenvalue weighted by Crippen LogP contribution is 2.31. The number of ether oxygens (including phenoxy) is 1. The summed E-state index contributed by atoms with van der Waals surface area (Å²) < 4.78 is 24.5. The van der Waals surface area contributed by atoms with Crippen molar-refractivity contribution in [3.63, 3.8) is 0 Å².